The van der Waals surface area contributed by atoms with Crippen molar-refractivity contribution in [1.29, 1.82) is 0 Å². The van der Waals surface area contributed by atoms with Gasteiger partial charge in [0, 0.05) is 25.7 Å². The van der Waals surface area contributed by atoms with Crippen molar-refractivity contribution >= 4 is 23.3 Å². The molecule has 0 saturated carbocycles. The number of para-hydroxylation sites is 1. The molecule has 1 unspecified atom stereocenters. The summed E-state index contributed by atoms with van der Waals surface area (Å²) in [6.07, 6.45) is -2.83. The van der Waals surface area contributed by atoms with Crippen molar-refractivity contribution in [2.75, 3.05) is 6.61 Å². The van der Waals surface area contributed by atoms with Crippen molar-refractivity contribution in [3.8, 4) is 17.2 Å². The summed E-state index contributed by atoms with van der Waals surface area (Å²) in [7, 11) is 1.75. The van der Waals surface area contributed by atoms with E-state index in [0.717, 1.165) is 17.7 Å². The number of phenols is 1. The number of phenolic OH excluding ortho intramolecular Hbond substituents is 1. The highest BCUT2D eigenvalue weighted by molar-refractivity contribution is 6.32. The van der Waals surface area contributed by atoms with Gasteiger partial charge in [0.15, 0.2) is 11.9 Å². The second-order valence-corrected chi connectivity index (χ2v) is 10.5. The Morgan fingerprint density at radius 2 is 1.74 bits per heavy atom. The number of nitrogens with one attached hydrogen (secondary N) is 1. The lowest BCUT2D eigenvalue weighted by Gasteiger charge is -2.23. The number of rotatable bonds is 11. The van der Waals surface area contributed by atoms with E-state index in [-0.39, 0.29) is 28.9 Å². The minimum atomic E-state index is -5.01. The zero-order valence-corrected chi connectivity index (χ0v) is 24.2. The third kappa shape index (κ3) is 7.66. The average Bonchev–Trinajstić information content (AvgIpc) is 3.40. The number of ketones is 1. The largest absolute Gasteiger partial charge is 0.506 e. The monoisotopic (exact) mass is 615 g/mol. The zero-order valence-electron chi connectivity index (χ0n) is 23.5. The van der Waals surface area contributed by atoms with Gasteiger partial charge in [-0.15, -0.1) is 0 Å². The molecule has 0 bridgehead atoms. The molecule has 1 aromatic heterocycles. The molecule has 0 spiro atoms. The van der Waals surface area contributed by atoms with Crippen LogP contribution in [0.5, 0.6) is 17.2 Å². The number of aromatic nitrogens is 2. The summed E-state index contributed by atoms with van der Waals surface area (Å²) in [5.41, 5.74) is -0.321. The molecular weight excluding hydrogens is 587 g/mol. The first-order valence-electron chi connectivity index (χ1n) is 13.2. The third-order valence-electron chi connectivity index (χ3n) is 6.45. The number of carbonyl (C=O) groups is 2. The van der Waals surface area contributed by atoms with Crippen LogP contribution in [0, 0.1) is 5.92 Å². The van der Waals surface area contributed by atoms with Gasteiger partial charge in [0.25, 0.3) is 5.91 Å². The van der Waals surface area contributed by atoms with Crippen LogP contribution in [0.25, 0.3) is 0 Å². The number of halogens is 4. The Morgan fingerprint density at radius 3 is 2.35 bits per heavy atom. The summed E-state index contributed by atoms with van der Waals surface area (Å²) in [5, 5.41) is 13.5. The number of imidazole rings is 1. The molecule has 0 radical (unpaired) electrons. The van der Waals surface area contributed by atoms with E-state index in [1.807, 2.05) is 0 Å². The summed E-state index contributed by atoms with van der Waals surface area (Å²) >= 11 is 6.27. The van der Waals surface area contributed by atoms with Gasteiger partial charge in [-0.3, -0.25) is 9.59 Å². The molecule has 0 aliphatic carbocycles. The number of aromatic hydroxyl groups is 1. The maximum absolute atomic E-state index is 14.0. The molecule has 0 aliphatic heterocycles. The van der Waals surface area contributed by atoms with Crippen LogP contribution in [0.3, 0.4) is 0 Å². The van der Waals surface area contributed by atoms with E-state index in [1.54, 1.807) is 66.3 Å². The van der Waals surface area contributed by atoms with Gasteiger partial charge in [0.2, 0.25) is 0 Å². The van der Waals surface area contributed by atoms with Gasteiger partial charge in [-0.2, -0.15) is 13.2 Å². The molecule has 3 aromatic carbocycles. The smallest absolute Gasteiger partial charge is 0.423 e. The second kappa shape index (κ2) is 13.2. The predicted octanol–water partition coefficient (Wildman–Crippen LogP) is 6.77. The van der Waals surface area contributed by atoms with E-state index >= 15 is 0 Å². The van der Waals surface area contributed by atoms with Gasteiger partial charge in [-0.05, 0) is 35.4 Å². The van der Waals surface area contributed by atoms with E-state index in [1.165, 1.54) is 20.2 Å². The second-order valence-electron chi connectivity index (χ2n) is 10.0. The quantitative estimate of drug-likeness (QED) is 0.181. The van der Waals surface area contributed by atoms with E-state index in [0.29, 0.717) is 5.56 Å². The highest BCUT2D eigenvalue weighted by Gasteiger charge is 2.40. The van der Waals surface area contributed by atoms with Crippen LogP contribution in [0.2, 0.25) is 5.02 Å². The van der Waals surface area contributed by atoms with Crippen molar-refractivity contribution in [3.05, 3.63) is 106 Å². The van der Waals surface area contributed by atoms with E-state index in [4.69, 9.17) is 21.1 Å². The molecule has 1 amide bonds. The lowest BCUT2D eigenvalue weighted by atomic mass is 9.97. The van der Waals surface area contributed by atoms with Gasteiger partial charge in [-0.25, -0.2) is 4.98 Å². The van der Waals surface area contributed by atoms with E-state index in [9.17, 15) is 27.9 Å². The Kier molecular flexibility index (Phi) is 9.65. The fraction of sp³-hybridized carbons (Fsp3) is 0.258. The van der Waals surface area contributed by atoms with Crippen LogP contribution in [0.4, 0.5) is 13.2 Å². The SMILES string of the molecule is CC(C)C(=O)c1ccc(OCC(Oc2ccccc2Cl)c2ccc(CNC(=O)c3cn(C)cn3)cc2)c(C(F)(F)F)c1O. The Balaban J connectivity index is 1.58. The van der Waals surface area contributed by atoms with Crippen LogP contribution in [-0.2, 0) is 19.8 Å². The zero-order chi connectivity index (χ0) is 31.3. The fourth-order valence-corrected chi connectivity index (χ4v) is 4.37. The average molecular weight is 616 g/mol. The van der Waals surface area contributed by atoms with E-state index < -0.39 is 53.2 Å². The van der Waals surface area contributed by atoms with Crippen molar-refractivity contribution < 1.29 is 37.3 Å². The summed E-state index contributed by atoms with van der Waals surface area (Å²) < 4.78 is 55.5. The topological polar surface area (TPSA) is 103 Å². The van der Waals surface area contributed by atoms with Gasteiger partial charge in [-0.1, -0.05) is 61.8 Å². The van der Waals surface area contributed by atoms with Gasteiger partial charge in [0.05, 0.1) is 16.9 Å². The lowest BCUT2D eigenvalue weighted by Crippen LogP contribution is -2.23. The Morgan fingerprint density at radius 1 is 1.05 bits per heavy atom. The van der Waals surface area contributed by atoms with E-state index in [2.05, 4.69) is 10.3 Å². The molecular formula is C31H29ClF3N3O5. The summed E-state index contributed by atoms with van der Waals surface area (Å²) in [6.45, 7) is 2.85. The molecule has 12 heteroatoms. The minimum Gasteiger partial charge on any atom is -0.506 e. The minimum absolute atomic E-state index is 0.206. The number of nitrogens with zero attached hydrogens (tertiary/aromatic N) is 2. The van der Waals surface area contributed by atoms with Crippen LogP contribution >= 0.6 is 11.6 Å². The highest BCUT2D eigenvalue weighted by atomic mass is 35.5. The van der Waals surface area contributed by atoms with Crippen molar-refractivity contribution in [2.24, 2.45) is 13.0 Å². The highest BCUT2D eigenvalue weighted by Crippen LogP contribution is 2.44. The summed E-state index contributed by atoms with van der Waals surface area (Å²) in [5.74, 6) is -3.18. The number of hydrogen-bond acceptors (Lipinski definition) is 6. The first-order valence-corrected chi connectivity index (χ1v) is 13.6. The molecule has 0 fully saturated rings. The van der Waals surface area contributed by atoms with Crippen LogP contribution < -0.4 is 14.8 Å². The molecule has 4 rings (SSSR count). The Labute approximate surface area is 251 Å². The third-order valence-corrected chi connectivity index (χ3v) is 6.76. The number of aryl methyl sites for hydroxylation is 1. The number of alkyl halides is 3. The molecule has 0 saturated heterocycles. The van der Waals surface area contributed by atoms with Crippen molar-refractivity contribution in [1.82, 2.24) is 14.9 Å². The molecule has 0 aliphatic rings. The Hall–Kier alpha value is -4.51. The number of amides is 1. The standard InChI is InChI=1S/C31H29ClF3N3O5/c1-18(2)28(39)21-12-13-25(27(29(21)40)31(33,34)35)42-16-26(43-24-7-5-4-6-22(24)32)20-10-8-19(9-11-20)14-36-30(41)23-15-38(3)17-37-23/h4-13,15,17-18,26,40H,14,16H2,1-3H3,(H,36,41). The molecule has 226 valence electrons. The fourth-order valence-electron chi connectivity index (χ4n) is 4.19. The van der Waals surface area contributed by atoms with Crippen LogP contribution in [0.15, 0.2) is 73.2 Å². The normalized spacial score (nSPS) is 12.2. The van der Waals surface area contributed by atoms with Crippen LogP contribution in [-0.4, -0.2) is 33.0 Å². The molecule has 1 atom stereocenters. The molecule has 2 N–H and O–H groups in total. The first kappa shape index (κ1) is 31.4. The molecule has 8 nitrogen and oxygen atoms in total. The summed E-state index contributed by atoms with van der Waals surface area (Å²) in [6, 6.07) is 15.6. The maximum atomic E-state index is 14.0. The van der Waals surface area contributed by atoms with Crippen molar-refractivity contribution in [2.45, 2.75) is 32.7 Å². The maximum Gasteiger partial charge on any atom is 0.423 e. The van der Waals surface area contributed by atoms with Gasteiger partial charge in [0.1, 0.15) is 35.1 Å². The lowest BCUT2D eigenvalue weighted by molar-refractivity contribution is -0.140. The number of ether oxygens (including phenoxy) is 2. The molecule has 43 heavy (non-hydrogen) atoms. The van der Waals surface area contributed by atoms with Gasteiger partial charge >= 0.3 is 6.18 Å². The van der Waals surface area contributed by atoms with Crippen LogP contribution in [0.1, 0.15) is 57.5 Å². The van der Waals surface area contributed by atoms with Gasteiger partial charge < -0.3 is 24.5 Å². The Bertz CT molecular complexity index is 1600. The number of benzene rings is 3. The number of carbonyl (C=O) groups excluding carboxylic acids is 2. The predicted molar refractivity (Wildman–Crippen MR) is 153 cm³/mol. The first-order chi connectivity index (χ1) is 20.3. The number of Topliss-reactive ketones (excluding diaryl/α,β-unsaturated/α-hetero) is 1. The van der Waals surface area contributed by atoms with Crippen molar-refractivity contribution in [3.63, 3.8) is 0 Å². The summed E-state index contributed by atoms with van der Waals surface area (Å²) in [4.78, 5) is 28.7. The molecule has 4 aromatic rings. The number of hydrogen-bond donors (Lipinski definition) is 2. The molecule has 1 heterocycles.